The van der Waals surface area contributed by atoms with Crippen molar-refractivity contribution in [2.75, 3.05) is 46.6 Å². The minimum Gasteiger partial charge on any atom is -0.381 e. The first kappa shape index (κ1) is 19.1. The molecule has 1 unspecified atom stereocenters. The van der Waals surface area contributed by atoms with Crippen molar-refractivity contribution in [2.45, 2.75) is 31.1 Å². The number of benzene rings is 1. The maximum Gasteiger partial charge on any atom is 0.191 e. The molecule has 1 saturated heterocycles. The molecule has 0 aromatic heterocycles. The molecule has 144 valence electrons. The summed E-state index contributed by atoms with van der Waals surface area (Å²) in [5, 5.41) is 6.74. The van der Waals surface area contributed by atoms with Crippen LogP contribution in [-0.2, 0) is 14.9 Å². The SMILES string of the molecule is CN=C(NCCCOCC1CCOC1)NCC1(c2ccc(F)cc2)CC1. The molecule has 5 nitrogen and oxygen atoms in total. The number of nitrogens with zero attached hydrogens (tertiary/aromatic N) is 1. The van der Waals surface area contributed by atoms with Crippen LogP contribution in [0.3, 0.4) is 0 Å². The van der Waals surface area contributed by atoms with E-state index in [9.17, 15) is 4.39 Å². The molecule has 1 aliphatic heterocycles. The summed E-state index contributed by atoms with van der Waals surface area (Å²) < 4.78 is 24.2. The van der Waals surface area contributed by atoms with Gasteiger partial charge in [0, 0.05) is 44.7 Å². The molecule has 3 rings (SSSR count). The highest BCUT2D eigenvalue weighted by molar-refractivity contribution is 5.79. The van der Waals surface area contributed by atoms with E-state index in [2.05, 4.69) is 15.6 Å². The van der Waals surface area contributed by atoms with Crippen LogP contribution in [0.2, 0.25) is 0 Å². The predicted molar refractivity (Wildman–Crippen MR) is 101 cm³/mol. The summed E-state index contributed by atoms with van der Waals surface area (Å²) in [6.45, 7) is 4.90. The Morgan fingerprint density at radius 2 is 2.12 bits per heavy atom. The second-order valence-electron chi connectivity index (χ2n) is 7.30. The molecule has 1 aromatic carbocycles. The fourth-order valence-electron chi connectivity index (χ4n) is 3.34. The van der Waals surface area contributed by atoms with Gasteiger partial charge in [0.15, 0.2) is 5.96 Å². The lowest BCUT2D eigenvalue weighted by Gasteiger charge is -2.19. The van der Waals surface area contributed by atoms with Crippen LogP contribution in [0.15, 0.2) is 29.3 Å². The third kappa shape index (κ3) is 5.42. The van der Waals surface area contributed by atoms with Gasteiger partial charge >= 0.3 is 0 Å². The lowest BCUT2D eigenvalue weighted by Crippen LogP contribution is -2.41. The fourth-order valence-corrected chi connectivity index (χ4v) is 3.34. The molecule has 0 spiro atoms. The molecule has 2 aliphatic rings. The van der Waals surface area contributed by atoms with Gasteiger partial charge in [-0.15, -0.1) is 0 Å². The minimum absolute atomic E-state index is 0.123. The first-order valence-corrected chi connectivity index (χ1v) is 9.58. The molecule has 0 amide bonds. The smallest absolute Gasteiger partial charge is 0.191 e. The summed E-state index contributed by atoms with van der Waals surface area (Å²) in [6.07, 6.45) is 4.31. The minimum atomic E-state index is -0.183. The largest absolute Gasteiger partial charge is 0.381 e. The average molecular weight is 363 g/mol. The Morgan fingerprint density at radius 1 is 1.31 bits per heavy atom. The summed E-state index contributed by atoms with van der Waals surface area (Å²) in [5.41, 5.74) is 1.32. The van der Waals surface area contributed by atoms with Crippen LogP contribution in [0.1, 0.15) is 31.2 Å². The Kier molecular flexibility index (Phi) is 6.86. The number of halogens is 1. The monoisotopic (exact) mass is 363 g/mol. The van der Waals surface area contributed by atoms with Crippen molar-refractivity contribution < 1.29 is 13.9 Å². The third-order valence-corrected chi connectivity index (χ3v) is 5.26. The third-order valence-electron chi connectivity index (χ3n) is 5.26. The van der Waals surface area contributed by atoms with Crippen LogP contribution in [0.4, 0.5) is 4.39 Å². The molecule has 0 radical (unpaired) electrons. The molecule has 1 aliphatic carbocycles. The molecule has 1 aromatic rings. The summed E-state index contributed by atoms with van der Waals surface area (Å²) in [6, 6.07) is 6.88. The molecule has 0 bridgehead atoms. The van der Waals surface area contributed by atoms with E-state index < -0.39 is 0 Å². The summed E-state index contributed by atoms with van der Waals surface area (Å²) >= 11 is 0. The Balaban J connectivity index is 1.31. The number of hydrogen-bond donors (Lipinski definition) is 2. The second-order valence-corrected chi connectivity index (χ2v) is 7.30. The zero-order chi connectivity index (χ0) is 18.2. The fraction of sp³-hybridized carbons (Fsp3) is 0.650. The Bertz CT molecular complexity index is 581. The summed E-state index contributed by atoms with van der Waals surface area (Å²) in [4.78, 5) is 4.28. The highest BCUT2D eigenvalue weighted by Crippen LogP contribution is 2.47. The van der Waals surface area contributed by atoms with Gasteiger partial charge in [0.25, 0.3) is 0 Å². The van der Waals surface area contributed by atoms with Crippen LogP contribution in [-0.4, -0.2) is 52.5 Å². The van der Waals surface area contributed by atoms with Gasteiger partial charge in [-0.1, -0.05) is 12.1 Å². The summed E-state index contributed by atoms with van der Waals surface area (Å²) in [5.74, 6) is 1.19. The van der Waals surface area contributed by atoms with Crippen molar-refractivity contribution >= 4 is 5.96 Å². The molecule has 1 atom stereocenters. The van der Waals surface area contributed by atoms with Crippen LogP contribution < -0.4 is 10.6 Å². The van der Waals surface area contributed by atoms with Crippen molar-refractivity contribution in [3.63, 3.8) is 0 Å². The normalized spacial score (nSPS) is 21.6. The molecule has 2 N–H and O–H groups in total. The van der Waals surface area contributed by atoms with Gasteiger partial charge in [-0.2, -0.15) is 0 Å². The van der Waals surface area contributed by atoms with Gasteiger partial charge in [0.05, 0.1) is 13.2 Å². The molecular weight excluding hydrogens is 333 g/mol. The lowest BCUT2D eigenvalue weighted by atomic mass is 9.96. The molecule has 26 heavy (non-hydrogen) atoms. The Hall–Kier alpha value is -1.66. The van der Waals surface area contributed by atoms with Crippen LogP contribution in [0.5, 0.6) is 0 Å². The van der Waals surface area contributed by atoms with E-state index in [4.69, 9.17) is 9.47 Å². The second kappa shape index (κ2) is 9.33. The topological polar surface area (TPSA) is 54.9 Å². The van der Waals surface area contributed by atoms with Crippen LogP contribution in [0, 0.1) is 11.7 Å². The molecule has 2 fully saturated rings. The molecule has 6 heteroatoms. The van der Waals surface area contributed by atoms with E-state index in [1.807, 2.05) is 12.1 Å². The van der Waals surface area contributed by atoms with Crippen molar-refractivity contribution in [1.29, 1.82) is 0 Å². The van der Waals surface area contributed by atoms with Gasteiger partial charge in [0.1, 0.15) is 5.82 Å². The van der Waals surface area contributed by atoms with Gasteiger partial charge < -0.3 is 20.1 Å². The lowest BCUT2D eigenvalue weighted by molar-refractivity contribution is 0.0888. The maximum atomic E-state index is 13.1. The Labute approximate surface area is 155 Å². The molecular formula is C20H30FN3O2. The predicted octanol–water partition coefficient (Wildman–Crippen LogP) is 2.47. The summed E-state index contributed by atoms with van der Waals surface area (Å²) in [7, 11) is 1.78. The number of ether oxygens (including phenoxy) is 2. The van der Waals surface area contributed by atoms with E-state index in [-0.39, 0.29) is 11.2 Å². The van der Waals surface area contributed by atoms with Crippen LogP contribution in [0.25, 0.3) is 0 Å². The quantitative estimate of drug-likeness (QED) is 0.402. The first-order valence-electron chi connectivity index (χ1n) is 9.58. The standard InChI is InChI=1S/C20H30FN3O2/c1-22-19(23-10-2-11-25-13-16-7-12-26-14-16)24-15-20(8-9-20)17-3-5-18(21)6-4-17/h3-6,16H,2,7-15H2,1H3,(H2,22,23,24). The van der Waals surface area contributed by atoms with Crippen molar-refractivity contribution in [2.24, 2.45) is 10.9 Å². The number of rotatable bonds is 9. The van der Waals surface area contributed by atoms with E-state index >= 15 is 0 Å². The van der Waals surface area contributed by atoms with Crippen molar-refractivity contribution in [3.8, 4) is 0 Å². The first-order chi connectivity index (χ1) is 12.7. The number of guanidine groups is 1. The van der Waals surface area contributed by atoms with Gasteiger partial charge in [-0.25, -0.2) is 4.39 Å². The number of hydrogen-bond acceptors (Lipinski definition) is 3. The van der Waals surface area contributed by atoms with Gasteiger partial charge in [-0.05, 0) is 43.4 Å². The highest BCUT2D eigenvalue weighted by Gasteiger charge is 2.44. The van der Waals surface area contributed by atoms with Crippen molar-refractivity contribution in [3.05, 3.63) is 35.6 Å². The Morgan fingerprint density at radius 3 is 2.77 bits per heavy atom. The van der Waals surface area contributed by atoms with E-state index in [0.29, 0.717) is 5.92 Å². The molecule has 1 heterocycles. The number of aliphatic imine (C=N–C) groups is 1. The van der Waals surface area contributed by atoms with Gasteiger partial charge in [0.2, 0.25) is 0 Å². The average Bonchev–Trinajstić information content (AvgIpc) is 3.27. The van der Waals surface area contributed by atoms with E-state index in [0.717, 1.165) is 71.2 Å². The van der Waals surface area contributed by atoms with Gasteiger partial charge in [-0.3, -0.25) is 4.99 Å². The zero-order valence-electron chi connectivity index (χ0n) is 15.6. The van der Waals surface area contributed by atoms with Crippen LogP contribution >= 0.6 is 0 Å². The number of nitrogens with one attached hydrogen (secondary N) is 2. The van der Waals surface area contributed by atoms with Crippen molar-refractivity contribution in [1.82, 2.24) is 10.6 Å². The zero-order valence-corrected chi connectivity index (χ0v) is 15.6. The maximum absolute atomic E-state index is 13.1. The molecule has 1 saturated carbocycles. The van der Waals surface area contributed by atoms with E-state index in [1.54, 1.807) is 19.2 Å². The van der Waals surface area contributed by atoms with E-state index in [1.165, 1.54) is 5.56 Å². The highest BCUT2D eigenvalue weighted by atomic mass is 19.1.